The quantitative estimate of drug-likeness (QED) is 0.783. The Morgan fingerprint density at radius 1 is 1.54 bits per heavy atom. The van der Waals surface area contributed by atoms with Crippen LogP contribution in [0.3, 0.4) is 0 Å². The second-order valence-corrected chi connectivity index (χ2v) is 3.53. The molecule has 0 spiro atoms. The summed E-state index contributed by atoms with van der Waals surface area (Å²) in [4.78, 5) is 0. The minimum Gasteiger partial charge on any atom is -0.388 e. The summed E-state index contributed by atoms with van der Waals surface area (Å²) in [6.07, 6.45) is 0.000741. The molecule has 3 heteroatoms. The van der Waals surface area contributed by atoms with Crippen molar-refractivity contribution >= 4 is 11.6 Å². The Balaban J connectivity index is 2.91. The van der Waals surface area contributed by atoms with Gasteiger partial charge in [-0.1, -0.05) is 29.3 Å². The summed E-state index contributed by atoms with van der Waals surface area (Å²) in [6, 6.07) is 5.61. The zero-order valence-corrected chi connectivity index (χ0v) is 8.38. The molecule has 0 aliphatic rings. The normalized spacial score (nSPS) is 12.9. The van der Waals surface area contributed by atoms with Gasteiger partial charge in [-0.2, -0.15) is 0 Å². The highest BCUT2D eigenvalue weighted by atomic mass is 35.5. The van der Waals surface area contributed by atoms with Gasteiger partial charge in [0.25, 0.3) is 0 Å². The molecular weight excluding hydrogens is 186 g/mol. The van der Waals surface area contributed by atoms with Crippen LogP contribution in [0.5, 0.6) is 0 Å². The third-order valence-electron chi connectivity index (χ3n) is 1.95. The molecule has 0 saturated carbocycles. The van der Waals surface area contributed by atoms with Crippen molar-refractivity contribution in [1.82, 2.24) is 0 Å². The lowest BCUT2D eigenvalue weighted by molar-refractivity contribution is 0.170. The number of halogens is 1. The van der Waals surface area contributed by atoms with Crippen LogP contribution < -0.4 is 5.73 Å². The van der Waals surface area contributed by atoms with Gasteiger partial charge in [0, 0.05) is 5.02 Å². The van der Waals surface area contributed by atoms with Crippen LogP contribution in [0.1, 0.15) is 23.7 Å². The van der Waals surface area contributed by atoms with Crippen molar-refractivity contribution < 1.29 is 5.11 Å². The number of hydrogen-bond acceptors (Lipinski definition) is 2. The molecule has 2 nitrogen and oxygen atoms in total. The zero-order valence-electron chi connectivity index (χ0n) is 7.63. The predicted molar refractivity (Wildman–Crippen MR) is 54.8 cm³/mol. The van der Waals surface area contributed by atoms with Gasteiger partial charge < -0.3 is 10.8 Å². The van der Waals surface area contributed by atoms with E-state index in [4.69, 9.17) is 17.3 Å². The van der Waals surface area contributed by atoms with E-state index in [1.54, 1.807) is 6.07 Å². The van der Waals surface area contributed by atoms with E-state index in [0.717, 1.165) is 11.1 Å². The maximum Gasteiger partial charge on any atom is 0.0816 e. The minimum absolute atomic E-state index is 0.464. The average Bonchev–Trinajstić information content (AvgIpc) is 2.09. The third-order valence-corrected chi connectivity index (χ3v) is 2.29. The van der Waals surface area contributed by atoms with Crippen molar-refractivity contribution in [2.24, 2.45) is 5.73 Å². The summed E-state index contributed by atoms with van der Waals surface area (Å²) in [6.45, 7) is 2.43. The minimum atomic E-state index is -0.544. The Morgan fingerprint density at radius 2 is 2.23 bits per heavy atom. The van der Waals surface area contributed by atoms with E-state index in [1.165, 1.54) is 0 Å². The van der Waals surface area contributed by atoms with Gasteiger partial charge >= 0.3 is 0 Å². The van der Waals surface area contributed by atoms with Gasteiger partial charge in [0.15, 0.2) is 0 Å². The van der Waals surface area contributed by atoms with E-state index in [9.17, 15) is 5.11 Å². The number of hydrogen-bond donors (Lipinski definition) is 2. The van der Waals surface area contributed by atoms with Crippen molar-refractivity contribution in [2.75, 3.05) is 6.54 Å². The van der Waals surface area contributed by atoms with Gasteiger partial charge in [-0.3, -0.25) is 0 Å². The van der Waals surface area contributed by atoms with Crippen molar-refractivity contribution in [1.29, 1.82) is 0 Å². The summed E-state index contributed by atoms with van der Waals surface area (Å²) in [5.74, 6) is 0. The van der Waals surface area contributed by atoms with E-state index in [0.29, 0.717) is 18.0 Å². The second-order valence-electron chi connectivity index (χ2n) is 3.12. The molecule has 1 unspecified atom stereocenters. The first kappa shape index (κ1) is 10.5. The molecule has 0 aliphatic heterocycles. The van der Waals surface area contributed by atoms with Crippen LogP contribution in [0.4, 0.5) is 0 Å². The number of aryl methyl sites for hydroxylation is 1. The Labute approximate surface area is 83.3 Å². The van der Waals surface area contributed by atoms with Crippen LogP contribution in [0.25, 0.3) is 0 Å². The van der Waals surface area contributed by atoms with Crippen molar-refractivity contribution in [2.45, 2.75) is 19.4 Å². The van der Waals surface area contributed by atoms with Crippen LogP contribution >= 0.6 is 11.6 Å². The first-order valence-electron chi connectivity index (χ1n) is 4.29. The molecule has 13 heavy (non-hydrogen) atoms. The molecule has 0 heterocycles. The van der Waals surface area contributed by atoms with Crippen LogP contribution in [0.2, 0.25) is 5.02 Å². The maximum atomic E-state index is 9.66. The summed E-state index contributed by atoms with van der Waals surface area (Å²) in [7, 11) is 0. The first-order chi connectivity index (χ1) is 6.15. The van der Waals surface area contributed by atoms with Crippen LogP contribution in [-0.2, 0) is 0 Å². The highest BCUT2D eigenvalue weighted by Crippen LogP contribution is 2.25. The number of rotatable bonds is 3. The number of aliphatic hydroxyl groups is 1. The average molecular weight is 200 g/mol. The molecule has 1 aromatic carbocycles. The molecule has 3 N–H and O–H groups in total. The lowest BCUT2D eigenvalue weighted by Crippen LogP contribution is -2.07. The van der Waals surface area contributed by atoms with Gasteiger partial charge in [0.1, 0.15) is 0 Å². The molecule has 0 radical (unpaired) electrons. The van der Waals surface area contributed by atoms with E-state index in [2.05, 4.69) is 0 Å². The molecule has 0 aromatic heterocycles. The lowest BCUT2D eigenvalue weighted by Gasteiger charge is -2.11. The number of nitrogens with two attached hydrogens (primary N) is 1. The van der Waals surface area contributed by atoms with Gasteiger partial charge in [-0.25, -0.2) is 0 Å². The molecule has 0 bridgehead atoms. The zero-order chi connectivity index (χ0) is 9.84. The Hall–Kier alpha value is -0.570. The van der Waals surface area contributed by atoms with Gasteiger partial charge in [-0.15, -0.1) is 0 Å². The van der Waals surface area contributed by atoms with E-state index in [1.807, 2.05) is 19.1 Å². The predicted octanol–water partition coefficient (Wildman–Crippen LogP) is 2.03. The first-order valence-corrected chi connectivity index (χ1v) is 4.67. The van der Waals surface area contributed by atoms with Gasteiger partial charge in [-0.05, 0) is 31.5 Å². The Morgan fingerprint density at radius 3 is 2.85 bits per heavy atom. The standard InChI is InChI=1S/C10H14ClNO/c1-7-2-3-9(11)8(6-7)10(13)4-5-12/h2-3,6,10,13H,4-5,12H2,1H3. The lowest BCUT2D eigenvalue weighted by atomic mass is 10.0. The van der Waals surface area contributed by atoms with Crippen LogP contribution in [0.15, 0.2) is 18.2 Å². The molecule has 0 amide bonds. The number of aliphatic hydroxyl groups excluding tert-OH is 1. The Kier molecular flexibility index (Phi) is 3.72. The summed E-state index contributed by atoms with van der Waals surface area (Å²) in [5.41, 5.74) is 7.22. The fraction of sp³-hybridized carbons (Fsp3) is 0.400. The molecule has 1 aromatic rings. The fourth-order valence-corrected chi connectivity index (χ4v) is 1.48. The molecule has 72 valence electrons. The van der Waals surface area contributed by atoms with Crippen molar-refractivity contribution in [3.8, 4) is 0 Å². The molecule has 0 saturated heterocycles. The smallest absolute Gasteiger partial charge is 0.0816 e. The van der Waals surface area contributed by atoms with Crippen LogP contribution in [0, 0.1) is 6.92 Å². The summed E-state index contributed by atoms with van der Waals surface area (Å²) in [5, 5.41) is 10.3. The topological polar surface area (TPSA) is 46.2 Å². The monoisotopic (exact) mass is 199 g/mol. The van der Waals surface area contributed by atoms with Crippen LogP contribution in [-0.4, -0.2) is 11.7 Å². The van der Waals surface area contributed by atoms with E-state index in [-0.39, 0.29) is 0 Å². The van der Waals surface area contributed by atoms with E-state index >= 15 is 0 Å². The SMILES string of the molecule is Cc1ccc(Cl)c(C(O)CCN)c1. The maximum absolute atomic E-state index is 9.66. The van der Waals surface area contributed by atoms with Crippen molar-refractivity contribution in [3.63, 3.8) is 0 Å². The molecule has 0 fully saturated rings. The second kappa shape index (κ2) is 4.61. The Bertz CT molecular complexity index is 288. The highest BCUT2D eigenvalue weighted by Gasteiger charge is 2.10. The largest absolute Gasteiger partial charge is 0.388 e. The van der Waals surface area contributed by atoms with Gasteiger partial charge in [0.2, 0.25) is 0 Å². The van der Waals surface area contributed by atoms with Crippen molar-refractivity contribution in [3.05, 3.63) is 34.3 Å². The third kappa shape index (κ3) is 2.69. The number of benzene rings is 1. The van der Waals surface area contributed by atoms with Gasteiger partial charge in [0.05, 0.1) is 6.10 Å². The molecule has 0 aliphatic carbocycles. The molecular formula is C10H14ClNO. The van der Waals surface area contributed by atoms with E-state index < -0.39 is 6.10 Å². The summed E-state index contributed by atoms with van der Waals surface area (Å²) < 4.78 is 0. The summed E-state index contributed by atoms with van der Waals surface area (Å²) >= 11 is 5.93. The fourth-order valence-electron chi connectivity index (χ4n) is 1.23. The highest BCUT2D eigenvalue weighted by molar-refractivity contribution is 6.31. The molecule has 1 rings (SSSR count). The molecule has 1 atom stereocenters.